The van der Waals surface area contributed by atoms with Crippen LogP contribution in [0.1, 0.15) is 18.1 Å². The predicted molar refractivity (Wildman–Crippen MR) is 70.5 cm³/mol. The summed E-state index contributed by atoms with van der Waals surface area (Å²) >= 11 is 3.45. The number of rotatable bonds is 3. The van der Waals surface area contributed by atoms with E-state index in [9.17, 15) is 4.79 Å². The first-order valence-electron chi connectivity index (χ1n) is 5.23. The largest absolute Gasteiger partial charge is 0.330 e. The number of hydrogen-bond donors (Lipinski definition) is 2. The number of amides is 1. The van der Waals surface area contributed by atoms with E-state index in [0.29, 0.717) is 6.54 Å². The van der Waals surface area contributed by atoms with E-state index in [1.807, 2.05) is 32.9 Å². The topological polar surface area (TPSA) is 55.1 Å². The fraction of sp³-hybridized carbons (Fsp3) is 0.417. The zero-order valence-corrected chi connectivity index (χ0v) is 11.4. The summed E-state index contributed by atoms with van der Waals surface area (Å²) < 4.78 is 0.905. The highest BCUT2D eigenvalue weighted by Gasteiger charge is 2.13. The van der Waals surface area contributed by atoms with Crippen molar-refractivity contribution in [1.82, 2.24) is 0 Å². The van der Waals surface area contributed by atoms with Gasteiger partial charge in [-0.3, -0.25) is 4.79 Å². The summed E-state index contributed by atoms with van der Waals surface area (Å²) in [5.74, 6) is -0.220. The van der Waals surface area contributed by atoms with Gasteiger partial charge < -0.3 is 11.1 Å². The average Bonchev–Trinajstić information content (AvgIpc) is 2.21. The molecule has 3 N–H and O–H groups in total. The Balaban J connectivity index is 2.93. The third kappa shape index (κ3) is 3.06. The highest BCUT2D eigenvalue weighted by Crippen LogP contribution is 2.28. The third-order valence-electron chi connectivity index (χ3n) is 2.48. The lowest BCUT2D eigenvalue weighted by Crippen LogP contribution is -2.27. The van der Waals surface area contributed by atoms with Crippen LogP contribution in [0.15, 0.2) is 16.6 Å². The average molecular weight is 285 g/mol. The Bertz CT molecular complexity index is 381. The molecule has 0 heterocycles. The number of aryl methyl sites for hydroxylation is 2. The first kappa shape index (κ1) is 13.2. The number of nitrogens with one attached hydrogen (secondary N) is 1. The molecule has 0 aliphatic heterocycles. The van der Waals surface area contributed by atoms with Crippen LogP contribution in [0.4, 0.5) is 5.69 Å². The molecule has 1 aromatic carbocycles. The summed E-state index contributed by atoms with van der Waals surface area (Å²) in [6.07, 6.45) is 0. The molecular formula is C12H17BrN2O. The quantitative estimate of drug-likeness (QED) is 0.897. The smallest absolute Gasteiger partial charge is 0.228 e. The van der Waals surface area contributed by atoms with Crippen LogP contribution in [0.2, 0.25) is 0 Å². The lowest BCUT2D eigenvalue weighted by atomic mass is 10.1. The molecule has 1 aromatic rings. The molecule has 1 atom stereocenters. The van der Waals surface area contributed by atoms with Gasteiger partial charge in [-0.2, -0.15) is 0 Å². The highest BCUT2D eigenvalue weighted by molar-refractivity contribution is 9.10. The Hall–Kier alpha value is -0.870. The molecule has 16 heavy (non-hydrogen) atoms. The SMILES string of the molecule is Cc1cc(C)c(NC(=O)C(C)CN)c(Br)c1. The molecule has 3 nitrogen and oxygen atoms in total. The Labute approximate surface area is 105 Å². The van der Waals surface area contributed by atoms with Crippen molar-refractivity contribution in [3.05, 3.63) is 27.7 Å². The number of anilines is 1. The molecule has 0 saturated carbocycles. The van der Waals surface area contributed by atoms with Crippen LogP contribution in [0.3, 0.4) is 0 Å². The Kier molecular flexibility index (Phi) is 4.50. The van der Waals surface area contributed by atoms with Crippen LogP contribution in [0.25, 0.3) is 0 Å². The standard InChI is InChI=1S/C12H17BrN2O/c1-7-4-8(2)11(10(13)5-7)15-12(16)9(3)6-14/h4-5,9H,6,14H2,1-3H3,(H,15,16). The first-order chi connectivity index (χ1) is 7.45. The van der Waals surface area contributed by atoms with Gasteiger partial charge in [-0.1, -0.05) is 13.0 Å². The van der Waals surface area contributed by atoms with Gasteiger partial charge in [0.25, 0.3) is 0 Å². The van der Waals surface area contributed by atoms with E-state index in [-0.39, 0.29) is 11.8 Å². The lowest BCUT2D eigenvalue weighted by molar-refractivity contribution is -0.119. The minimum Gasteiger partial charge on any atom is -0.330 e. The summed E-state index contributed by atoms with van der Waals surface area (Å²) in [5.41, 5.74) is 8.49. The number of benzene rings is 1. The van der Waals surface area contributed by atoms with E-state index in [4.69, 9.17) is 5.73 Å². The molecule has 0 saturated heterocycles. The molecule has 1 rings (SSSR count). The Morgan fingerprint density at radius 3 is 2.62 bits per heavy atom. The maximum atomic E-state index is 11.7. The fourth-order valence-corrected chi connectivity index (χ4v) is 2.20. The second kappa shape index (κ2) is 5.46. The summed E-state index contributed by atoms with van der Waals surface area (Å²) in [7, 11) is 0. The van der Waals surface area contributed by atoms with Crippen molar-refractivity contribution in [3.63, 3.8) is 0 Å². The molecule has 0 aromatic heterocycles. The second-order valence-electron chi connectivity index (χ2n) is 4.06. The Morgan fingerprint density at radius 1 is 1.50 bits per heavy atom. The lowest BCUT2D eigenvalue weighted by Gasteiger charge is -2.14. The van der Waals surface area contributed by atoms with Crippen LogP contribution in [-0.4, -0.2) is 12.5 Å². The van der Waals surface area contributed by atoms with E-state index in [2.05, 4.69) is 21.2 Å². The fourth-order valence-electron chi connectivity index (χ4n) is 1.43. The van der Waals surface area contributed by atoms with Crippen molar-refractivity contribution < 1.29 is 4.79 Å². The highest BCUT2D eigenvalue weighted by atomic mass is 79.9. The van der Waals surface area contributed by atoms with Crippen molar-refractivity contribution in [3.8, 4) is 0 Å². The molecule has 4 heteroatoms. The second-order valence-corrected chi connectivity index (χ2v) is 4.92. The molecule has 0 aliphatic rings. The van der Waals surface area contributed by atoms with Gasteiger partial charge in [-0.05, 0) is 47.0 Å². The van der Waals surface area contributed by atoms with Gasteiger partial charge in [0.05, 0.1) is 5.69 Å². The maximum Gasteiger partial charge on any atom is 0.228 e. The van der Waals surface area contributed by atoms with Crippen LogP contribution in [0, 0.1) is 19.8 Å². The number of halogens is 1. The van der Waals surface area contributed by atoms with E-state index in [0.717, 1.165) is 21.3 Å². The predicted octanol–water partition coefficient (Wildman–Crippen LogP) is 2.60. The Morgan fingerprint density at radius 2 is 2.12 bits per heavy atom. The molecule has 0 fully saturated rings. The number of carbonyl (C=O) groups excluding carboxylic acids is 1. The molecule has 0 radical (unpaired) electrons. The zero-order chi connectivity index (χ0) is 12.3. The van der Waals surface area contributed by atoms with Crippen LogP contribution in [0.5, 0.6) is 0 Å². The van der Waals surface area contributed by atoms with E-state index < -0.39 is 0 Å². The van der Waals surface area contributed by atoms with Crippen molar-refractivity contribution >= 4 is 27.5 Å². The van der Waals surface area contributed by atoms with Crippen LogP contribution in [-0.2, 0) is 4.79 Å². The van der Waals surface area contributed by atoms with Crippen LogP contribution < -0.4 is 11.1 Å². The molecular weight excluding hydrogens is 268 g/mol. The third-order valence-corrected chi connectivity index (χ3v) is 3.11. The van der Waals surface area contributed by atoms with Gasteiger partial charge in [0.15, 0.2) is 0 Å². The molecule has 1 amide bonds. The summed E-state index contributed by atoms with van der Waals surface area (Å²) in [6.45, 7) is 6.16. The van der Waals surface area contributed by atoms with Crippen molar-refractivity contribution in [2.75, 3.05) is 11.9 Å². The van der Waals surface area contributed by atoms with E-state index in [1.54, 1.807) is 0 Å². The minimum atomic E-state index is -0.174. The molecule has 1 unspecified atom stereocenters. The van der Waals surface area contributed by atoms with Crippen molar-refractivity contribution in [2.45, 2.75) is 20.8 Å². The number of nitrogens with two attached hydrogens (primary N) is 1. The molecule has 0 aliphatic carbocycles. The monoisotopic (exact) mass is 284 g/mol. The number of hydrogen-bond acceptors (Lipinski definition) is 2. The normalized spacial score (nSPS) is 12.3. The van der Waals surface area contributed by atoms with E-state index in [1.165, 1.54) is 0 Å². The van der Waals surface area contributed by atoms with Gasteiger partial charge in [-0.25, -0.2) is 0 Å². The zero-order valence-electron chi connectivity index (χ0n) is 9.80. The molecule has 0 bridgehead atoms. The number of carbonyl (C=O) groups is 1. The van der Waals surface area contributed by atoms with Gasteiger partial charge in [0.2, 0.25) is 5.91 Å². The maximum absolute atomic E-state index is 11.7. The van der Waals surface area contributed by atoms with Crippen molar-refractivity contribution in [1.29, 1.82) is 0 Å². The van der Waals surface area contributed by atoms with Crippen LogP contribution >= 0.6 is 15.9 Å². The molecule has 88 valence electrons. The van der Waals surface area contributed by atoms with E-state index >= 15 is 0 Å². The van der Waals surface area contributed by atoms with Gasteiger partial charge >= 0.3 is 0 Å². The molecule has 0 spiro atoms. The van der Waals surface area contributed by atoms with Gasteiger partial charge in [0.1, 0.15) is 0 Å². The first-order valence-corrected chi connectivity index (χ1v) is 6.02. The van der Waals surface area contributed by atoms with Gasteiger partial charge in [-0.15, -0.1) is 0 Å². The summed E-state index contributed by atoms with van der Waals surface area (Å²) in [4.78, 5) is 11.7. The minimum absolute atomic E-state index is 0.0462. The summed E-state index contributed by atoms with van der Waals surface area (Å²) in [5, 5.41) is 2.89. The summed E-state index contributed by atoms with van der Waals surface area (Å²) in [6, 6.07) is 4.02. The van der Waals surface area contributed by atoms with Gasteiger partial charge in [0, 0.05) is 16.9 Å². The van der Waals surface area contributed by atoms with Crippen molar-refractivity contribution in [2.24, 2.45) is 11.7 Å².